The molecule has 0 aromatic carbocycles. The van der Waals surface area contributed by atoms with Crippen molar-refractivity contribution < 1.29 is 0 Å². The normalized spacial score (nSPS) is 28.6. The highest BCUT2D eigenvalue weighted by atomic mass is 15.1. The van der Waals surface area contributed by atoms with Crippen LogP contribution >= 0.6 is 0 Å². The zero-order chi connectivity index (χ0) is 11.1. The molecule has 0 radical (unpaired) electrons. The Labute approximate surface area is 98.1 Å². The standard InChI is InChI=1S/C14H22N2/c1-3-11-5-6-12-13(8-11)16-9-10(2)4-7-14(16)15-12/h10-11H,3-9H2,1-2H3. The molecule has 2 heterocycles. The number of aryl methyl sites for hydroxylation is 2. The van der Waals surface area contributed by atoms with Gasteiger partial charge in [-0.3, -0.25) is 0 Å². The van der Waals surface area contributed by atoms with Crippen molar-refractivity contribution in [2.75, 3.05) is 0 Å². The topological polar surface area (TPSA) is 17.8 Å². The van der Waals surface area contributed by atoms with Gasteiger partial charge in [-0.05, 0) is 37.5 Å². The van der Waals surface area contributed by atoms with Crippen LogP contribution < -0.4 is 0 Å². The first-order valence-corrected chi connectivity index (χ1v) is 6.85. The summed E-state index contributed by atoms with van der Waals surface area (Å²) in [7, 11) is 0. The van der Waals surface area contributed by atoms with Gasteiger partial charge in [-0.25, -0.2) is 4.98 Å². The number of rotatable bonds is 1. The molecule has 1 aliphatic heterocycles. The summed E-state index contributed by atoms with van der Waals surface area (Å²) < 4.78 is 2.55. The summed E-state index contributed by atoms with van der Waals surface area (Å²) in [6, 6.07) is 0. The molecule has 2 atom stereocenters. The molecule has 0 amide bonds. The fourth-order valence-corrected chi connectivity index (χ4v) is 3.27. The second-order valence-corrected chi connectivity index (χ2v) is 5.69. The average molecular weight is 218 g/mol. The molecule has 1 aliphatic carbocycles. The lowest BCUT2D eigenvalue weighted by molar-refractivity contribution is 0.369. The van der Waals surface area contributed by atoms with Gasteiger partial charge in [0.1, 0.15) is 5.82 Å². The first-order chi connectivity index (χ1) is 7.78. The number of imidazole rings is 1. The first kappa shape index (κ1) is 10.4. The van der Waals surface area contributed by atoms with Crippen LogP contribution in [-0.4, -0.2) is 9.55 Å². The van der Waals surface area contributed by atoms with E-state index in [1.54, 1.807) is 5.69 Å². The van der Waals surface area contributed by atoms with Gasteiger partial charge < -0.3 is 4.57 Å². The number of nitrogens with zero attached hydrogens (tertiary/aromatic N) is 2. The fraction of sp³-hybridized carbons (Fsp3) is 0.786. The smallest absolute Gasteiger partial charge is 0.109 e. The maximum absolute atomic E-state index is 4.86. The molecule has 2 aliphatic rings. The maximum Gasteiger partial charge on any atom is 0.109 e. The molecule has 88 valence electrons. The molecule has 2 unspecified atom stereocenters. The molecule has 0 spiro atoms. The van der Waals surface area contributed by atoms with Crippen LogP contribution in [0.1, 0.15) is 50.3 Å². The van der Waals surface area contributed by atoms with Crippen molar-refractivity contribution in [2.45, 2.75) is 58.9 Å². The second kappa shape index (κ2) is 3.90. The highest BCUT2D eigenvalue weighted by Gasteiger charge is 2.27. The van der Waals surface area contributed by atoms with Crippen LogP contribution in [0.5, 0.6) is 0 Å². The largest absolute Gasteiger partial charge is 0.331 e. The van der Waals surface area contributed by atoms with Crippen LogP contribution in [0.3, 0.4) is 0 Å². The van der Waals surface area contributed by atoms with Gasteiger partial charge in [-0.1, -0.05) is 20.3 Å². The molecule has 16 heavy (non-hydrogen) atoms. The Morgan fingerprint density at radius 1 is 1.31 bits per heavy atom. The quantitative estimate of drug-likeness (QED) is 0.708. The summed E-state index contributed by atoms with van der Waals surface area (Å²) in [6.07, 6.45) is 7.72. The van der Waals surface area contributed by atoms with Crippen molar-refractivity contribution >= 4 is 0 Å². The Balaban J connectivity index is 1.95. The van der Waals surface area contributed by atoms with Crippen molar-refractivity contribution in [3.63, 3.8) is 0 Å². The minimum atomic E-state index is 0.841. The van der Waals surface area contributed by atoms with E-state index in [1.807, 2.05) is 0 Å². The molecule has 0 fully saturated rings. The van der Waals surface area contributed by atoms with Gasteiger partial charge in [0.05, 0.1) is 5.69 Å². The molecular formula is C14H22N2. The van der Waals surface area contributed by atoms with Crippen LogP contribution in [-0.2, 0) is 25.8 Å². The summed E-state index contributed by atoms with van der Waals surface area (Å²) in [4.78, 5) is 4.86. The van der Waals surface area contributed by atoms with Crippen LogP contribution in [0.15, 0.2) is 0 Å². The number of fused-ring (bicyclic) bond motifs is 3. The Hall–Kier alpha value is -0.790. The van der Waals surface area contributed by atoms with Crippen LogP contribution in [0.25, 0.3) is 0 Å². The Morgan fingerprint density at radius 3 is 3.00 bits per heavy atom. The minimum Gasteiger partial charge on any atom is -0.331 e. The van der Waals surface area contributed by atoms with Gasteiger partial charge in [0, 0.05) is 18.7 Å². The lowest BCUT2D eigenvalue weighted by atomic mass is 9.87. The monoisotopic (exact) mass is 218 g/mol. The molecule has 2 nitrogen and oxygen atoms in total. The number of hydrogen-bond donors (Lipinski definition) is 0. The second-order valence-electron chi connectivity index (χ2n) is 5.69. The molecule has 1 aromatic rings. The van der Waals surface area contributed by atoms with E-state index in [9.17, 15) is 0 Å². The van der Waals surface area contributed by atoms with Gasteiger partial charge in [0.15, 0.2) is 0 Å². The Kier molecular flexibility index (Phi) is 2.53. The third-order valence-corrected chi connectivity index (χ3v) is 4.44. The predicted octanol–water partition coefficient (Wildman–Crippen LogP) is 2.98. The molecule has 0 N–H and O–H groups in total. The summed E-state index contributed by atoms with van der Waals surface area (Å²) in [5.41, 5.74) is 3.01. The van der Waals surface area contributed by atoms with Crippen LogP contribution in [0.4, 0.5) is 0 Å². The van der Waals surface area contributed by atoms with Crippen molar-refractivity contribution in [3.8, 4) is 0 Å². The molecule has 2 heteroatoms. The van der Waals surface area contributed by atoms with Crippen molar-refractivity contribution in [1.82, 2.24) is 9.55 Å². The maximum atomic E-state index is 4.86. The fourth-order valence-electron chi connectivity index (χ4n) is 3.27. The van der Waals surface area contributed by atoms with Gasteiger partial charge >= 0.3 is 0 Å². The number of hydrogen-bond acceptors (Lipinski definition) is 1. The lowest BCUT2D eigenvalue weighted by Gasteiger charge is -2.25. The summed E-state index contributed by atoms with van der Waals surface area (Å²) in [5, 5.41) is 0. The van der Waals surface area contributed by atoms with Crippen LogP contribution in [0, 0.1) is 11.8 Å². The Bertz CT molecular complexity index is 392. The van der Waals surface area contributed by atoms with Gasteiger partial charge in [0.2, 0.25) is 0 Å². The molecule has 1 aromatic heterocycles. The van der Waals surface area contributed by atoms with E-state index in [0.29, 0.717) is 0 Å². The third kappa shape index (κ3) is 1.59. The van der Waals surface area contributed by atoms with E-state index < -0.39 is 0 Å². The SMILES string of the molecule is CCC1CCc2nc3n(c2C1)CC(C)CC3. The van der Waals surface area contributed by atoms with E-state index in [1.165, 1.54) is 56.6 Å². The molecule has 0 saturated carbocycles. The molecule has 0 saturated heterocycles. The summed E-state index contributed by atoms with van der Waals surface area (Å²) >= 11 is 0. The molecule has 3 rings (SSSR count). The van der Waals surface area contributed by atoms with Gasteiger partial charge in [0.25, 0.3) is 0 Å². The molecular weight excluding hydrogens is 196 g/mol. The van der Waals surface area contributed by atoms with Gasteiger partial charge in [-0.15, -0.1) is 0 Å². The lowest BCUT2D eigenvalue weighted by Crippen LogP contribution is -2.22. The zero-order valence-corrected chi connectivity index (χ0v) is 10.5. The van der Waals surface area contributed by atoms with E-state index in [0.717, 1.165) is 11.8 Å². The van der Waals surface area contributed by atoms with E-state index in [4.69, 9.17) is 4.98 Å². The summed E-state index contributed by atoms with van der Waals surface area (Å²) in [5.74, 6) is 3.12. The number of aromatic nitrogens is 2. The van der Waals surface area contributed by atoms with E-state index >= 15 is 0 Å². The minimum absolute atomic E-state index is 0.841. The highest BCUT2D eigenvalue weighted by Crippen LogP contribution is 2.31. The summed E-state index contributed by atoms with van der Waals surface area (Å²) in [6.45, 7) is 5.91. The average Bonchev–Trinajstić information content (AvgIpc) is 2.66. The Morgan fingerprint density at radius 2 is 2.19 bits per heavy atom. The van der Waals surface area contributed by atoms with Crippen LogP contribution in [0.2, 0.25) is 0 Å². The molecule has 0 bridgehead atoms. The predicted molar refractivity (Wildman–Crippen MR) is 65.5 cm³/mol. The van der Waals surface area contributed by atoms with Crippen molar-refractivity contribution in [1.29, 1.82) is 0 Å². The van der Waals surface area contributed by atoms with Crippen molar-refractivity contribution in [2.24, 2.45) is 11.8 Å². The van der Waals surface area contributed by atoms with Crippen molar-refractivity contribution in [3.05, 3.63) is 17.2 Å². The zero-order valence-electron chi connectivity index (χ0n) is 10.5. The van der Waals surface area contributed by atoms with E-state index in [-0.39, 0.29) is 0 Å². The third-order valence-electron chi connectivity index (χ3n) is 4.44. The highest BCUT2D eigenvalue weighted by molar-refractivity contribution is 5.22. The first-order valence-electron chi connectivity index (χ1n) is 6.85. The van der Waals surface area contributed by atoms with Gasteiger partial charge in [-0.2, -0.15) is 0 Å². The van der Waals surface area contributed by atoms with E-state index in [2.05, 4.69) is 18.4 Å².